The van der Waals surface area contributed by atoms with Gasteiger partial charge in [0.15, 0.2) is 5.91 Å². The van der Waals surface area contributed by atoms with Gasteiger partial charge in [0, 0.05) is 12.1 Å². The molecule has 0 saturated heterocycles. The number of rotatable bonds is 5. The Morgan fingerprint density at radius 1 is 1.57 bits per heavy atom. The van der Waals surface area contributed by atoms with Crippen LogP contribution in [-0.4, -0.2) is 29.4 Å². The van der Waals surface area contributed by atoms with Crippen molar-refractivity contribution >= 4 is 12.2 Å². The molecule has 0 saturated carbocycles. The Bertz CT molecular complexity index is 214. The second-order valence-electron chi connectivity index (χ2n) is 3.30. The SMILES string of the molecule is CC(C)(CCO)NC(=O)/C=C\[C-]=O.[K+]. The van der Waals surface area contributed by atoms with Crippen LogP contribution in [0.3, 0.4) is 0 Å². The average Bonchev–Trinajstić information content (AvgIpc) is 1.99. The van der Waals surface area contributed by atoms with Crippen LogP contribution in [0.25, 0.3) is 0 Å². The molecule has 1 amide bonds. The minimum absolute atomic E-state index is 0. The predicted octanol–water partition coefficient (Wildman–Crippen LogP) is -3.07. The molecule has 0 aliphatic carbocycles. The summed E-state index contributed by atoms with van der Waals surface area (Å²) in [6.45, 7) is 3.59. The van der Waals surface area contributed by atoms with Crippen LogP contribution >= 0.6 is 0 Å². The van der Waals surface area contributed by atoms with Crippen LogP contribution in [0.15, 0.2) is 12.2 Å². The Balaban J connectivity index is 0. The van der Waals surface area contributed by atoms with Gasteiger partial charge in [0.05, 0.1) is 0 Å². The molecule has 5 heteroatoms. The first-order chi connectivity index (χ1) is 6.02. The van der Waals surface area contributed by atoms with Crippen LogP contribution in [0.2, 0.25) is 0 Å². The number of aliphatic hydroxyl groups is 1. The molecule has 14 heavy (non-hydrogen) atoms. The molecular formula is C9H14KNO3. The van der Waals surface area contributed by atoms with Gasteiger partial charge in [-0.05, 0) is 26.6 Å². The summed E-state index contributed by atoms with van der Waals surface area (Å²) in [4.78, 5) is 20.8. The molecule has 2 N–H and O–H groups in total. The Hall–Kier alpha value is 0.476. The van der Waals surface area contributed by atoms with Crippen molar-refractivity contribution in [1.82, 2.24) is 5.32 Å². The van der Waals surface area contributed by atoms with Gasteiger partial charge in [-0.3, -0.25) is 4.79 Å². The molecule has 0 fully saturated rings. The molecular weight excluding hydrogens is 209 g/mol. The van der Waals surface area contributed by atoms with Crippen LogP contribution in [-0.2, 0) is 9.59 Å². The smallest absolute Gasteiger partial charge is 0.419 e. The van der Waals surface area contributed by atoms with E-state index < -0.39 is 5.54 Å². The maximum Gasteiger partial charge on any atom is 1.00 e. The van der Waals surface area contributed by atoms with Crippen LogP contribution < -0.4 is 56.7 Å². The van der Waals surface area contributed by atoms with E-state index in [0.717, 1.165) is 12.2 Å². The van der Waals surface area contributed by atoms with E-state index in [9.17, 15) is 9.59 Å². The van der Waals surface area contributed by atoms with Crippen LogP contribution in [0.1, 0.15) is 20.3 Å². The number of carbonyl (C=O) groups is 1. The van der Waals surface area contributed by atoms with E-state index in [-0.39, 0.29) is 63.9 Å². The molecule has 0 atom stereocenters. The number of carbonyl (C=O) groups excluding carboxylic acids is 2. The number of allylic oxidation sites excluding steroid dienone is 1. The number of hydrogen-bond donors (Lipinski definition) is 2. The first kappa shape index (κ1) is 16.9. The monoisotopic (exact) mass is 223 g/mol. The van der Waals surface area contributed by atoms with Crippen LogP contribution in [0, 0.1) is 0 Å². The first-order valence-electron chi connectivity index (χ1n) is 3.99. The third-order valence-electron chi connectivity index (χ3n) is 1.50. The third kappa shape index (κ3) is 9.05. The largest absolute Gasteiger partial charge is 1.00 e. The second kappa shape index (κ2) is 8.76. The summed E-state index contributed by atoms with van der Waals surface area (Å²) >= 11 is 0. The van der Waals surface area contributed by atoms with Crippen molar-refractivity contribution in [3.8, 4) is 0 Å². The normalized spacial score (nSPS) is 10.8. The summed E-state index contributed by atoms with van der Waals surface area (Å²) in [6.07, 6.45) is 4.05. The van der Waals surface area contributed by atoms with Gasteiger partial charge in [0.2, 0.25) is 0 Å². The summed E-state index contributed by atoms with van der Waals surface area (Å²) in [6, 6.07) is 0. The molecule has 0 rings (SSSR count). The molecule has 0 aromatic carbocycles. The zero-order chi connectivity index (χ0) is 10.3. The molecule has 0 bridgehead atoms. The van der Waals surface area contributed by atoms with E-state index in [0.29, 0.717) is 6.42 Å². The summed E-state index contributed by atoms with van der Waals surface area (Å²) in [5, 5.41) is 11.3. The van der Waals surface area contributed by atoms with Gasteiger partial charge >= 0.3 is 51.4 Å². The van der Waals surface area contributed by atoms with E-state index in [4.69, 9.17) is 5.11 Å². The van der Waals surface area contributed by atoms with E-state index in [1.165, 1.54) is 6.29 Å². The van der Waals surface area contributed by atoms with Crippen molar-refractivity contribution in [3.63, 3.8) is 0 Å². The summed E-state index contributed by atoms with van der Waals surface area (Å²) in [7, 11) is 0. The first-order valence-corrected chi connectivity index (χ1v) is 3.99. The van der Waals surface area contributed by atoms with Gasteiger partial charge in [-0.1, -0.05) is 0 Å². The summed E-state index contributed by atoms with van der Waals surface area (Å²) in [5.41, 5.74) is -0.459. The number of aliphatic hydroxyl groups excluding tert-OH is 1. The molecule has 0 aromatic rings. The van der Waals surface area contributed by atoms with Crippen molar-refractivity contribution < 1.29 is 66.1 Å². The molecule has 0 aliphatic heterocycles. The molecule has 74 valence electrons. The molecule has 0 radical (unpaired) electrons. The zero-order valence-corrected chi connectivity index (χ0v) is 12.0. The van der Waals surface area contributed by atoms with Gasteiger partial charge < -0.3 is 15.2 Å². The number of amides is 1. The predicted molar refractivity (Wildman–Crippen MR) is 48.8 cm³/mol. The second-order valence-corrected chi connectivity index (χ2v) is 3.30. The average molecular weight is 223 g/mol. The Labute approximate surface area is 127 Å². The quantitative estimate of drug-likeness (QED) is 0.295. The van der Waals surface area contributed by atoms with Gasteiger partial charge in [0.25, 0.3) is 0 Å². The molecule has 0 aromatic heterocycles. The minimum Gasteiger partial charge on any atom is -0.419 e. The summed E-state index contributed by atoms with van der Waals surface area (Å²) in [5.74, 6) is -0.359. The van der Waals surface area contributed by atoms with Crippen molar-refractivity contribution in [2.24, 2.45) is 0 Å². The Morgan fingerprint density at radius 3 is 2.57 bits per heavy atom. The fourth-order valence-electron chi connectivity index (χ4n) is 0.827. The molecule has 4 nitrogen and oxygen atoms in total. The van der Waals surface area contributed by atoms with E-state index in [1.807, 2.05) is 0 Å². The maximum absolute atomic E-state index is 11.0. The van der Waals surface area contributed by atoms with Crippen LogP contribution in [0.4, 0.5) is 0 Å². The van der Waals surface area contributed by atoms with Gasteiger partial charge in [-0.25, -0.2) is 0 Å². The van der Waals surface area contributed by atoms with Crippen molar-refractivity contribution in [3.05, 3.63) is 12.2 Å². The number of hydrogen-bond acceptors (Lipinski definition) is 3. The topological polar surface area (TPSA) is 66.4 Å². The zero-order valence-electron chi connectivity index (χ0n) is 8.83. The van der Waals surface area contributed by atoms with Gasteiger partial charge in [0.1, 0.15) is 0 Å². The third-order valence-corrected chi connectivity index (χ3v) is 1.50. The standard InChI is InChI=1S/C9H14NO3.K/c1-9(2,5-7-12)10-8(13)4-3-6-11;/h3-4,12H,5,7H2,1-2H3,(H,10,13);/q-1;+1/b4-3-;. The van der Waals surface area contributed by atoms with Crippen LogP contribution in [0.5, 0.6) is 0 Å². The fraction of sp³-hybridized carbons (Fsp3) is 0.556. The fourth-order valence-corrected chi connectivity index (χ4v) is 0.827. The van der Waals surface area contributed by atoms with Gasteiger partial charge in [-0.2, -0.15) is 6.08 Å². The molecule has 0 spiro atoms. The summed E-state index contributed by atoms with van der Waals surface area (Å²) < 4.78 is 0. The van der Waals surface area contributed by atoms with Crippen molar-refractivity contribution in [2.45, 2.75) is 25.8 Å². The van der Waals surface area contributed by atoms with Gasteiger partial charge in [-0.15, -0.1) is 6.08 Å². The van der Waals surface area contributed by atoms with E-state index >= 15 is 0 Å². The molecule has 0 heterocycles. The van der Waals surface area contributed by atoms with E-state index in [1.54, 1.807) is 13.8 Å². The molecule has 0 unspecified atom stereocenters. The van der Waals surface area contributed by atoms with E-state index in [2.05, 4.69) is 5.32 Å². The Kier molecular flexibility index (Phi) is 10.6. The number of nitrogens with one attached hydrogen (secondary N) is 1. The maximum atomic E-state index is 11.0. The van der Waals surface area contributed by atoms with Crippen molar-refractivity contribution in [1.29, 1.82) is 0 Å². The van der Waals surface area contributed by atoms with Crippen molar-refractivity contribution in [2.75, 3.05) is 6.61 Å². The Morgan fingerprint density at radius 2 is 2.14 bits per heavy atom. The minimum atomic E-state index is -0.459. The molecule has 0 aliphatic rings.